The van der Waals surface area contributed by atoms with E-state index < -0.39 is 0 Å². The molecule has 1 aromatic rings. The number of carbonyl (C=O) groups excluding carboxylic acids is 1. The first-order valence-corrected chi connectivity index (χ1v) is 7.64. The Morgan fingerprint density at radius 3 is 2.40 bits per heavy atom. The minimum absolute atomic E-state index is 0.206. The second kappa shape index (κ2) is 10.2. The summed E-state index contributed by atoms with van der Waals surface area (Å²) in [7, 11) is 0. The summed E-state index contributed by atoms with van der Waals surface area (Å²) in [5.41, 5.74) is 1.68. The minimum Gasteiger partial charge on any atom is -0.462 e. The van der Waals surface area contributed by atoms with E-state index in [0.29, 0.717) is 12.2 Å². The van der Waals surface area contributed by atoms with Crippen LogP contribution in [0.2, 0.25) is 0 Å². The molecule has 110 valence electrons. The lowest BCUT2D eigenvalue weighted by molar-refractivity contribution is -0.139. The molecular weight excluding hydrogens is 248 g/mol. The SMILES string of the molecule is CCCCCCCCOC(=O)/C(C)=C/c1ccccc1. The smallest absolute Gasteiger partial charge is 0.333 e. The molecule has 20 heavy (non-hydrogen) atoms. The largest absolute Gasteiger partial charge is 0.462 e. The average Bonchev–Trinajstić information content (AvgIpc) is 2.47. The molecule has 0 heterocycles. The normalized spacial score (nSPS) is 11.4. The quantitative estimate of drug-likeness (QED) is 0.360. The van der Waals surface area contributed by atoms with Gasteiger partial charge in [-0.3, -0.25) is 0 Å². The Hall–Kier alpha value is -1.57. The maximum absolute atomic E-state index is 11.8. The van der Waals surface area contributed by atoms with E-state index in [1.165, 1.54) is 25.7 Å². The highest BCUT2D eigenvalue weighted by molar-refractivity contribution is 5.92. The van der Waals surface area contributed by atoms with Crippen molar-refractivity contribution in [2.24, 2.45) is 0 Å². The molecule has 2 nitrogen and oxygen atoms in total. The van der Waals surface area contributed by atoms with Gasteiger partial charge in [-0.2, -0.15) is 0 Å². The molecule has 0 radical (unpaired) electrons. The number of hydrogen-bond donors (Lipinski definition) is 0. The third kappa shape index (κ3) is 7.13. The van der Waals surface area contributed by atoms with Crippen LogP contribution in [-0.2, 0) is 9.53 Å². The number of hydrogen-bond acceptors (Lipinski definition) is 2. The van der Waals surface area contributed by atoms with Crippen molar-refractivity contribution >= 4 is 12.0 Å². The third-order valence-electron chi connectivity index (χ3n) is 3.24. The molecular formula is C18H26O2. The highest BCUT2D eigenvalue weighted by Crippen LogP contribution is 2.09. The zero-order valence-electron chi connectivity index (χ0n) is 12.7. The molecule has 2 heteroatoms. The molecule has 0 saturated carbocycles. The second-order valence-corrected chi connectivity index (χ2v) is 5.14. The summed E-state index contributed by atoms with van der Waals surface area (Å²) in [4.78, 5) is 11.8. The lowest BCUT2D eigenvalue weighted by atomic mass is 10.1. The molecule has 0 aromatic heterocycles. The number of carbonyl (C=O) groups is 1. The molecule has 0 bridgehead atoms. The molecule has 0 aliphatic carbocycles. The van der Waals surface area contributed by atoms with E-state index in [2.05, 4.69) is 6.92 Å². The van der Waals surface area contributed by atoms with Crippen molar-refractivity contribution in [2.45, 2.75) is 52.4 Å². The van der Waals surface area contributed by atoms with Crippen LogP contribution in [0.25, 0.3) is 6.08 Å². The highest BCUT2D eigenvalue weighted by Gasteiger charge is 2.05. The summed E-state index contributed by atoms with van der Waals surface area (Å²) in [6.07, 6.45) is 9.07. The summed E-state index contributed by atoms with van der Waals surface area (Å²) in [6.45, 7) is 4.55. The van der Waals surface area contributed by atoms with Gasteiger partial charge in [0.2, 0.25) is 0 Å². The molecule has 1 aromatic carbocycles. The predicted octanol–water partition coefficient (Wildman–Crippen LogP) is 4.99. The van der Waals surface area contributed by atoms with Crippen LogP contribution in [0.1, 0.15) is 57.9 Å². The standard InChI is InChI=1S/C18H26O2/c1-3-4-5-6-7-11-14-20-18(19)16(2)15-17-12-9-8-10-13-17/h8-10,12-13,15H,3-7,11,14H2,1-2H3/b16-15+. The van der Waals surface area contributed by atoms with Crippen molar-refractivity contribution < 1.29 is 9.53 Å². The van der Waals surface area contributed by atoms with Gasteiger partial charge in [0.1, 0.15) is 0 Å². The van der Waals surface area contributed by atoms with E-state index in [0.717, 1.165) is 18.4 Å². The lowest BCUT2D eigenvalue weighted by Gasteiger charge is -2.05. The molecule has 0 spiro atoms. The minimum atomic E-state index is -0.206. The number of rotatable bonds is 9. The summed E-state index contributed by atoms with van der Waals surface area (Å²) in [6, 6.07) is 9.83. The molecule has 0 aliphatic heterocycles. The van der Waals surface area contributed by atoms with Crippen LogP contribution in [0.3, 0.4) is 0 Å². The molecule has 1 rings (SSSR count). The van der Waals surface area contributed by atoms with Crippen molar-refractivity contribution in [3.8, 4) is 0 Å². The van der Waals surface area contributed by atoms with Crippen molar-refractivity contribution in [1.82, 2.24) is 0 Å². The van der Waals surface area contributed by atoms with Gasteiger partial charge in [0, 0.05) is 5.57 Å². The van der Waals surface area contributed by atoms with Gasteiger partial charge in [-0.1, -0.05) is 69.4 Å². The number of benzene rings is 1. The first-order chi connectivity index (χ1) is 9.74. The van der Waals surface area contributed by atoms with Gasteiger partial charge in [0.15, 0.2) is 0 Å². The van der Waals surface area contributed by atoms with Crippen molar-refractivity contribution in [3.63, 3.8) is 0 Å². The van der Waals surface area contributed by atoms with E-state index >= 15 is 0 Å². The summed E-state index contributed by atoms with van der Waals surface area (Å²) in [5, 5.41) is 0. The molecule has 0 unspecified atom stereocenters. The van der Waals surface area contributed by atoms with Gasteiger partial charge in [0.05, 0.1) is 6.61 Å². The fraction of sp³-hybridized carbons (Fsp3) is 0.500. The Balaban J connectivity index is 2.20. The van der Waals surface area contributed by atoms with Gasteiger partial charge < -0.3 is 4.74 Å². The van der Waals surface area contributed by atoms with Crippen molar-refractivity contribution in [1.29, 1.82) is 0 Å². The zero-order valence-corrected chi connectivity index (χ0v) is 12.7. The summed E-state index contributed by atoms with van der Waals surface area (Å²) in [5.74, 6) is -0.206. The summed E-state index contributed by atoms with van der Waals surface area (Å²) >= 11 is 0. The number of ether oxygens (including phenoxy) is 1. The third-order valence-corrected chi connectivity index (χ3v) is 3.24. The lowest BCUT2D eigenvalue weighted by Crippen LogP contribution is -2.07. The Labute approximate surface area is 122 Å². The van der Waals surface area contributed by atoms with Gasteiger partial charge >= 0.3 is 5.97 Å². The van der Waals surface area contributed by atoms with Crippen LogP contribution in [0, 0.1) is 0 Å². The van der Waals surface area contributed by atoms with Crippen LogP contribution in [0.5, 0.6) is 0 Å². The van der Waals surface area contributed by atoms with Crippen LogP contribution >= 0.6 is 0 Å². The predicted molar refractivity (Wildman–Crippen MR) is 84.4 cm³/mol. The van der Waals surface area contributed by atoms with E-state index in [1.807, 2.05) is 36.4 Å². The van der Waals surface area contributed by atoms with E-state index in [-0.39, 0.29) is 5.97 Å². The van der Waals surface area contributed by atoms with Gasteiger partial charge in [-0.15, -0.1) is 0 Å². The fourth-order valence-electron chi connectivity index (χ4n) is 2.02. The van der Waals surface area contributed by atoms with Gasteiger partial charge in [0.25, 0.3) is 0 Å². The molecule has 0 aliphatic rings. The Morgan fingerprint density at radius 2 is 1.70 bits per heavy atom. The van der Waals surface area contributed by atoms with Crippen molar-refractivity contribution in [2.75, 3.05) is 6.61 Å². The molecule has 0 fully saturated rings. The van der Waals surface area contributed by atoms with Crippen LogP contribution in [0.4, 0.5) is 0 Å². The van der Waals surface area contributed by atoms with E-state index in [9.17, 15) is 4.79 Å². The Morgan fingerprint density at radius 1 is 1.05 bits per heavy atom. The topological polar surface area (TPSA) is 26.3 Å². The molecule has 0 amide bonds. The fourth-order valence-corrected chi connectivity index (χ4v) is 2.02. The number of esters is 1. The monoisotopic (exact) mass is 274 g/mol. The second-order valence-electron chi connectivity index (χ2n) is 5.14. The first-order valence-electron chi connectivity index (χ1n) is 7.64. The summed E-state index contributed by atoms with van der Waals surface area (Å²) < 4.78 is 5.28. The maximum Gasteiger partial charge on any atom is 0.333 e. The van der Waals surface area contributed by atoms with Crippen LogP contribution < -0.4 is 0 Å². The highest BCUT2D eigenvalue weighted by atomic mass is 16.5. The van der Waals surface area contributed by atoms with Crippen molar-refractivity contribution in [3.05, 3.63) is 41.5 Å². The maximum atomic E-state index is 11.8. The van der Waals surface area contributed by atoms with Crippen LogP contribution in [0.15, 0.2) is 35.9 Å². The average molecular weight is 274 g/mol. The molecule has 0 N–H and O–H groups in total. The van der Waals surface area contributed by atoms with Gasteiger partial charge in [-0.05, 0) is 25.0 Å². The molecule has 0 saturated heterocycles. The molecule has 0 atom stereocenters. The Kier molecular flexibility index (Phi) is 8.44. The van der Waals surface area contributed by atoms with E-state index in [4.69, 9.17) is 4.74 Å². The Bertz CT molecular complexity index is 407. The number of unbranched alkanes of at least 4 members (excludes halogenated alkanes) is 5. The first kappa shape index (κ1) is 16.5. The van der Waals surface area contributed by atoms with Crippen LogP contribution in [-0.4, -0.2) is 12.6 Å². The van der Waals surface area contributed by atoms with E-state index in [1.54, 1.807) is 6.92 Å². The van der Waals surface area contributed by atoms with Gasteiger partial charge in [-0.25, -0.2) is 4.79 Å². The zero-order chi connectivity index (χ0) is 14.6.